The first kappa shape index (κ1) is 17.1. The van der Waals surface area contributed by atoms with Crippen LogP contribution in [0.15, 0.2) is 24.3 Å². The second-order valence-corrected chi connectivity index (χ2v) is 6.33. The fraction of sp³-hybridized carbons (Fsp3) is 0.500. The first-order valence-corrected chi connectivity index (χ1v) is 8.12. The van der Waals surface area contributed by atoms with Crippen molar-refractivity contribution in [2.75, 3.05) is 18.6 Å². The number of aliphatic hydroxyl groups is 1. The fourth-order valence-corrected chi connectivity index (χ4v) is 2.57. The summed E-state index contributed by atoms with van der Waals surface area (Å²) in [5, 5.41) is 16.1. The number of nitrogens with one attached hydrogen (secondary N) is 2. The standard InChI is InChI=1S/C14H21ClN2O2S/c1-10(11-4-6-12(15)7-5-11)17-13(18)16-8-14(2,19)9-20-3/h4-7,10,19H,8-9H2,1-3H3,(H2,16,17,18). The van der Waals surface area contributed by atoms with Crippen molar-refractivity contribution in [3.05, 3.63) is 34.9 Å². The molecule has 112 valence electrons. The number of hydrogen-bond acceptors (Lipinski definition) is 3. The maximum Gasteiger partial charge on any atom is 0.315 e. The normalized spacial score (nSPS) is 15.2. The molecule has 2 amide bonds. The van der Waals surface area contributed by atoms with Gasteiger partial charge in [-0.1, -0.05) is 23.7 Å². The van der Waals surface area contributed by atoms with Gasteiger partial charge in [0.25, 0.3) is 0 Å². The van der Waals surface area contributed by atoms with Crippen molar-refractivity contribution in [2.45, 2.75) is 25.5 Å². The summed E-state index contributed by atoms with van der Waals surface area (Å²) in [6, 6.07) is 6.90. The highest BCUT2D eigenvalue weighted by molar-refractivity contribution is 7.98. The molecule has 2 atom stereocenters. The summed E-state index contributed by atoms with van der Waals surface area (Å²) in [7, 11) is 0. The zero-order chi connectivity index (χ0) is 15.2. The second kappa shape index (κ2) is 7.76. The molecule has 1 rings (SSSR count). The van der Waals surface area contributed by atoms with Crippen LogP contribution in [0.1, 0.15) is 25.5 Å². The Morgan fingerprint density at radius 2 is 2.05 bits per heavy atom. The van der Waals surface area contributed by atoms with E-state index >= 15 is 0 Å². The van der Waals surface area contributed by atoms with E-state index in [1.165, 1.54) is 11.8 Å². The van der Waals surface area contributed by atoms with Gasteiger partial charge in [-0.15, -0.1) is 0 Å². The lowest BCUT2D eigenvalue weighted by Gasteiger charge is -2.23. The van der Waals surface area contributed by atoms with Gasteiger partial charge in [-0.05, 0) is 37.8 Å². The zero-order valence-electron chi connectivity index (χ0n) is 11.9. The van der Waals surface area contributed by atoms with Gasteiger partial charge in [0, 0.05) is 17.3 Å². The van der Waals surface area contributed by atoms with Crippen LogP contribution in [0, 0.1) is 0 Å². The number of amides is 2. The quantitative estimate of drug-likeness (QED) is 0.756. The van der Waals surface area contributed by atoms with Gasteiger partial charge in [-0.3, -0.25) is 0 Å². The van der Waals surface area contributed by atoms with Crippen molar-refractivity contribution in [1.82, 2.24) is 10.6 Å². The number of carbonyl (C=O) groups is 1. The Kier molecular flexibility index (Phi) is 6.65. The first-order chi connectivity index (χ1) is 9.34. The van der Waals surface area contributed by atoms with Gasteiger partial charge in [-0.2, -0.15) is 11.8 Å². The Morgan fingerprint density at radius 3 is 2.60 bits per heavy atom. The Balaban J connectivity index is 2.44. The van der Waals surface area contributed by atoms with Gasteiger partial charge in [0.1, 0.15) is 0 Å². The van der Waals surface area contributed by atoms with Gasteiger partial charge < -0.3 is 15.7 Å². The van der Waals surface area contributed by atoms with E-state index in [0.717, 1.165) is 5.56 Å². The van der Waals surface area contributed by atoms with Crippen molar-refractivity contribution in [3.8, 4) is 0 Å². The van der Waals surface area contributed by atoms with E-state index < -0.39 is 5.60 Å². The summed E-state index contributed by atoms with van der Waals surface area (Å²) in [6.07, 6.45) is 1.91. The van der Waals surface area contributed by atoms with Crippen LogP contribution in [0.2, 0.25) is 5.02 Å². The summed E-state index contributed by atoms with van der Waals surface area (Å²) in [4.78, 5) is 11.8. The minimum atomic E-state index is -0.903. The fourth-order valence-electron chi connectivity index (χ4n) is 1.72. The number of thioether (sulfide) groups is 1. The van der Waals surface area contributed by atoms with Crippen LogP contribution in [-0.2, 0) is 0 Å². The molecular formula is C14H21ClN2O2S. The highest BCUT2D eigenvalue weighted by Crippen LogP contribution is 2.16. The van der Waals surface area contributed by atoms with Crippen molar-refractivity contribution in [1.29, 1.82) is 0 Å². The van der Waals surface area contributed by atoms with Crippen molar-refractivity contribution >= 4 is 29.4 Å². The molecule has 0 saturated carbocycles. The van der Waals surface area contributed by atoms with Gasteiger partial charge in [0.15, 0.2) is 0 Å². The number of hydrogen-bond donors (Lipinski definition) is 3. The number of urea groups is 1. The zero-order valence-corrected chi connectivity index (χ0v) is 13.5. The average Bonchev–Trinajstić information content (AvgIpc) is 2.37. The Hall–Kier alpha value is -0.910. The van der Waals surface area contributed by atoms with E-state index in [1.807, 2.05) is 25.3 Å². The van der Waals surface area contributed by atoms with Gasteiger partial charge in [-0.25, -0.2) is 4.79 Å². The number of halogens is 1. The predicted molar refractivity (Wildman–Crippen MR) is 85.4 cm³/mol. The lowest BCUT2D eigenvalue weighted by atomic mass is 10.1. The molecule has 0 aliphatic carbocycles. The van der Waals surface area contributed by atoms with Crippen LogP contribution >= 0.6 is 23.4 Å². The summed E-state index contributed by atoms with van der Waals surface area (Å²) >= 11 is 7.36. The van der Waals surface area contributed by atoms with Crippen LogP contribution in [0.3, 0.4) is 0 Å². The molecule has 4 nitrogen and oxygen atoms in total. The molecule has 3 N–H and O–H groups in total. The maximum atomic E-state index is 11.8. The highest BCUT2D eigenvalue weighted by Gasteiger charge is 2.20. The molecule has 1 aromatic rings. The third kappa shape index (κ3) is 6.03. The molecule has 20 heavy (non-hydrogen) atoms. The number of rotatable bonds is 6. The average molecular weight is 317 g/mol. The maximum absolute atomic E-state index is 11.8. The van der Waals surface area contributed by atoms with Gasteiger partial charge in [0.2, 0.25) is 0 Å². The minimum Gasteiger partial charge on any atom is -0.387 e. The summed E-state index contributed by atoms with van der Waals surface area (Å²) in [5.74, 6) is 0.569. The van der Waals surface area contributed by atoms with Gasteiger partial charge in [0.05, 0.1) is 11.6 Å². The molecule has 0 heterocycles. The third-order valence-corrected chi connectivity index (χ3v) is 3.97. The molecule has 0 spiro atoms. The van der Waals surface area contributed by atoms with Crippen molar-refractivity contribution < 1.29 is 9.90 Å². The van der Waals surface area contributed by atoms with Crippen LogP contribution in [-0.4, -0.2) is 35.3 Å². The molecule has 0 aliphatic heterocycles. The highest BCUT2D eigenvalue weighted by atomic mass is 35.5. The Morgan fingerprint density at radius 1 is 1.45 bits per heavy atom. The smallest absolute Gasteiger partial charge is 0.315 e. The molecular weight excluding hydrogens is 296 g/mol. The second-order valence-electron chi connectivity index (χ2n) is 5.03. The van der Waals surface area contributed by atoms with Crippen LogP contribution in [0.5, 0.6) is 0 Å². The minimum absolute atomic E-state index is 0.127. The molecule has 0 bridgehead atoms. The molecule has 1 aromatic carbocycles. The Bertz CT molecular complexity index is 437. The molecule has 0 fully saturated rings. The number of carbonyl (C=O) groups excluding carboxylic acids is 1. The topological polar surface area (TPSA) is 61.4 Å². The van der Waals surface area contributed by atoms with E-state index in [-0.39, 0.29) is 18.6 Å². The Labute approximate surface area is 129 Å². The van der Waals surface area contributed by atoms with Crippen LogP contribution in [0.25, 0.3) is 0 Å². The summed E-state index contributed by atoms with van der Waals surface area (Å²) in [5.41, 5.74) is 0.0701. The predicted octanol–water partition coefficient (Wildman–Crippen LogP) is 2.81. The molecule has 0 saturated heterocycles. The van der Waals surface area contributed by atoms with Crippen LogP contribution < -0.4 is 10.6 Å². The lowest BCUT2D eigenvalue weighted by Crippen LogP contribution is -2.46. The molecule has 6 heteroatoms. The molecule has 2 unspecified atom stereocenters. The van der Waals surface area contributed by atoms with Crippen molar-refractivity contribution in [3.63, 3.8) is 0 Å². The molecule has 0 aromatic heterocycles. The van der Waals surface area contributed by atoms with Crippen molar-refractivity contribution in [2.24, 2.45) is 0 Å². The number of benzene rings is 1. The first-order valence-electron chi connectivity index (χ1n) is 6.35. The lowest BCUT2D eigenvalue weighted by molar-refractivity contribution is 0.0868. The van der Waals surface area contributed by atoms with E-state index in [9.17, 15) is 9.90 Å². The van der Waals surface area contributed by atoms with E-state index in [2.05, 4.69) is 10.6 Å². The SMILES string of the molecule is CSCC(C)(O)CNC(=O)NC(C)c1ccc(Cl)cc1. The summed E-state index contributed by atoms with van der Waals surface area (Å²) < 4.78 is 0. The van der Waals surface area contributed by atoms with Gasteiger partial charge >= 0.3 is 6.03 Å². The molecule has 0 radical (unpaired) electrons. The third-order valence-electron chi connectivity index (χ3n) is 2.80. The monoisotopic (exact) mass is 316 g/mol. The van der Waals surface area contributed by atoms with E-state index in [1.54, 1.807) is 19.1 Å². The summed E-state index contributed by atoms with van der Waals surface area (Å²) in [6.45, 7) is 3.81. The largest absolute Gasteiger partial charge is 0.387 e. The van der Waals surface area contributed by atoms with E-state index in [0.29, 0.717) is 10.8 Å². The van der Waals surface area contributed by atoms with E-state index in [4.69, 9.17) is 11.6 Å². The van der Waals surface area contributed by atoms with Crippen LogP contribution in [0.4, 0.5) is 4.79 Å². The molecule has 0 aliphatic rings.